The highest BCUT2D eigenvalue weighted by molar-refractivity contribution is 8.00. The SMILES string of the molecule is COCCCn1c(O)c2ccc(C(=O)N=NC(=O)CSc3ccc(C)cc3)cc2c1O. The second-order valence-electron chi connectivity index (χ2n) is 6.91. The van der Waals surface area contributed by atoms with Gasteiger partial charge in [-0.05, 0) is 43.7 Å². The Labute approximate surface area is 183 Å². The molecule has 2 aromatic carbocycles. The van der Waals surface area contributed by atoms with Crippen molar-refractivity contribution in [3.8, 4) is 11.8 Å². The maximum atomic E-state index is 12.3. The molecule has 0 aliphatic heterocycles. The van der Waals surface area contributed by atoms with Gasteiger partial charge < -0.3 is 14.9 Å². The number of azo groups is 1. The lowest BCUT2D eigenvalue weighted by atomic mass is 10.1. The zero-order valence-corrected chi connectivity index (χ0v) is 18.1. The minimum absolute atomic E-state index is 0.0673. The van der Waals surface area contributed by atoms with Crippen LogP contribution < -0.4 is 0 Å². The summed E-state index contributed by atoms with van der Waals surface area (Å²) in [6.07, 6.45) is 0.599. The molecule has 1 heterocycles. The van der Waals surface area contributed by atoms with Crippen molar-refractivity contribution in [2.75, 3.05) is 19.5 Å². The van der Waals surface area contributed by atoms with Gasteiger partial charge in [0.25, 0.3) is 11.8 Å². The number of hydrogen-bond donors (Lipinski definition) is 2. The summed E-state index contributed by atoms with van der Waals surface area (Å²) >= 11 is 1.31. The molecule has 162 valence electrons. The van der Waals surface area contributed by atoms with E-state index in [0.29, 0.717) is 30.3 Å². The van der Waals surface area contributed by atoms with E-state index in [-0.39, 0.29) is 23.1 Å². The van der Waals surface area contributed by atoms with Crippen LogP contribution in [-0.2, 0) is 16.1 Å². The Morgan fingerprint density at radius 3 is 2.45 bits per heavy atom. The second-order valence-corrected chi connectivity index (χ2v) is 7.95. The van der Waals surface area contributed by atoms with Crippen LogP contribution in [0.25, 0.3) is 10.8 Å². The van der Waals surface area contributed by atoms with Crippen LogP contribution in [-0.4, -0.2) is 46.1 Å². The van der Waals surface area contributed by atoms with E-state index >= 15 is 0 Å². The summed E-state index contributed by atoms with van der Waals surface area (Å²) in [5, 5.41) is 28.5. The van der Waals surface area contributed by atoms with Crippen LogP contribution >= 0.6 is 11.8 Å². The summed E-state index contributed by atoms with van der Waals surface area (Å²) in [5.74, 6) is -1.41. The molecular formula is C22H23N3O5S. The summed E-state index contributed by atoms with van der Waals surface area (Å²) in [4.78, 5) is 25.2. The summed E-state index contributed by atoms with van der Waals surface area (Å²) < 4.78 is 6.34. The zero-order chi connectivity index (χ0) is 22.4. The number of aryl methyl sites for hydroxylation is 1. The van der Waals surface area contributed by atoms with Crippen molar-refractivity contribution in [2.24, 2.45) is 10.2 Å². The number of thioether (sulfide) groups is 1. The number of methoxy groups -OCH3 is 1. The number of benzene rings is 2. The van der Waals surface area contributed by atoms with Crippen LogP contribution in [0.5, 0.6) is 11.8 Å². The molecule has 9 heteroatoms. The third-order valence-corrected chi connectivity index (χ3v) is 5.62. The third kappa shape index (κ3) is 5.50. The van der Waals surface area contributed by atoms with E-state index in [1.54, 1.807) is 7.11 Å². The molecule has 0 atom stereocenters. The van der Waals surface area contributed by atoms with Gasteiger partial charge >= 0.3 is 0 Å². The highest BCUT2D eigenvalue weighted by Crippen LogP contribution is 2.37. The molecule has 2 N–H and O–H groups in total. The van der Waals surface area contributed by atoms with Crippen molar-refractivity contribution < 1.29 is 24.5 Å². The number of aromatic nitrogens is 1. The molecule has 0 spiro atoms. The molecule has 0 unspecified atom stereocenters. The van der Waals surface area contributed by atoms with Gasteiger partial charge in [-0.3, -0.25) is 14.2 Å². The Kier molecular flexibility index (Phi) is 7.43. The molecule has 2 amide bonds. The predicted molar refractivity (Wildman–Crippen MR) is 118 cm³/mol. The first-order chi connectivity index (χ1) is 14.9. The minimum atomic E-state index is -0.707. The first-order valence-electron chi connectivity index (χ1n) is 9.62. The first kappa shape index (κ1) is 22.5. The van der Waals surface area contributed by atoms with Crippen LogP contribution in [0.2, 0.25) is 0 Å². The number of fused-ring (bicyclic) bond motifs is 1. The van der Waals surface area contributed by atoms with Crippen LogP contribution in [0.1, 0.15) is 22.3 Å². The highest BCUT2D eigenvalue weighted by atomic mass is 32.2. The molecule has 3 aromatic rings. The lowest BCUT2D eigenvalue weighted by molar-refractivity contribution is -0.115. The number of carbonyl (C=O) groups is 2. The molecule has 0 fully saturated rings. The number of carbonyl (C=O) groups excluding carboxylic acids is 2. The van der Waals surface area contributed by atoms with Gasteiger partial charge in [0, 0.05) is 41.5 Å². The quantitative estimate of drug-likeness (QED) is 0.306. The van der Waals surface area contributed by atoms with Gasteiger partial charge in [-0.2, -0.15) is 0 Å². The molecule has 0 saturated heterocycles. The Morgan fingerprint density at radius 1 is 1.03 bits per heavy atom. The van der Waals surface area contributed by atoms with E-state index in [4.69, 9.17) is 4.74 Å². The van der Waals surface area contributed by atoms with Gasteiger partial charge in [0.05, 0.1) is 5.75 Å². The molecule has 31 heavy (non-hydrogen) atoms. The summed E-state index contributed by atoms with van der Waals surface area (Å²) in [6, 6.07) is 12.1. The number of aromatic hydroxyl groups is 2. The Hall–Kier alpha value is -3.17. The summed E-state index contributed by atoms with van der Waals surface area (Å²) in [6.45, 7) is 2.82. The Balaban J connectivity index is 1.67. The van der Waals surface area contributed by atoms with E-state index in [0.717, 1.165) is 10.5 Å². The van der Waals surface area contributed by atoms with E-state index in [9.17, 15) is 19.8 Å². The van der Waals surface area contributed by atoms with Gasteiger partial charge in [0.2, 0.25) is 11.8 Å². The smallest absolute Gasteiger partial charge is 0.295 e. The fourth-order valence-electron chi connectivity index (χ4n) is 2.99. The summed E-state index contributed by atoms with van der Waals surface area (Å²) in [5.41, 5.74) is 1.28. The second kappa shape index (κ2) is 10.2. The molecule has 0 radical (unpaired) electrons. The third-order valence-electron chi connectivity index (χ3n) is 4.63. The number of nitrogens with zero attached hydrogens (tertiary/aromatic N) is 3. The fraction of sp³-hybridized carbons (Fsp3) is 0.273. The van der Waals surface area contributed by atoms with Gasteiger partial charge in [0.15, 0.2) is 0 Å². The molecular weight excluding hydrogens is 418 g/mol. The molecule has 8 nitrogen and oxygen atoms in total. The van der Waals surface area contributed by atoms with Crippen LogP contribution in [0.4, 0.5) is 0 Å². The first-order valence-corrected chi connectivity index (χ1v) is 10.6. The number of rotatable bonds is 8. The average molecular weight is 442 g/mol. The Bertz CT molecular complexity index is 1120. The monoisotopic (exact) mass is 441 g/mol. The number of ether oxygens (including phenoxy) is 1. The lowest BCUT2D eigenvalue weighted by Crippen LogP contribution is -2.00. The van der Waals surface area contributed by atoms with Crippen molar-refractivity contribution in [1.29, 1.82) is 0 Å². The minimum Gasteiger partial charge on any atom is -0.494 e. The van der Waals surface area contributed by atoms with Crippen LogP contribution in [0.3, 0.4) is 0 Å². The van der Waals surface area contributed by atoms with Crippen molar-refractivity contribution in [3.63, 3.8) is 0 Å². The normalized spacial score (nSPS) is 11.4. The van der Waals surface area contributed by atoms with Crippen molar-refractivity contribution in [2.45, 2.75) is 24.8 Å². The van der Waals surface area contributed by atoms with E-state index < -0.39 is 11.8 Å². The van der Waals surface area contributed by atoms with Gasteiger partial charge in [-0.25, -0.2) is 0 Å². The number of hydrogen-bond acceptors (Lipinski definition) is 6. The number of amides is 2. The predicted octanol–water partition coefficient (Wildman–Crippen LogP) is 4.31. The van der Waals surface area contributed by atoms with Crippen LogP contribution in [0, 0.1) is 6.92 Å². The summed E-state index contributed by atoms with van der Waals surface area (Å²) in [7, 11) is 1.57. The standard InChI is InChI=1S/C22H23N3O5S/c1-14-4-7-16(8-5-14)31-13-19(26)23-24-20(27)15-6-9-17-18(12-15)22(29)25(21(17)28)10-3-11-30-2/h4-9,12,28-29H,3,10-11,13H2,1-2H3. The fourth-order valence-corrected chi connectivity index (χ4v) is 3.67. The van der Waals surface area contributed by atoms with Crippen molar-refractivity contribution in [3.05, 3.63) is 53.6 Å². The zero-order valence-electron chi connectivity index (χ0n) is 17.2. The maximum Gasteiger partial charge on any atom is 0.295 e. The van der Waals surface area contributed by atoms with E-state index in [2.05, 4.69) is 10.2 Å². The molecule has 0 saturated carbocycles. The molecule has 1 aromatic heterocycles. The highest BCUT2D eigenvalue weighted by Gasteiger charge is 2.17. The van der Waals surface area contributed by atoms with Gasteiger partial charge in [0.1, 0.15) is 0 Å². The van der Waals surface area contributed by atoms with E-state index in [1.807, 2.05) is 31.2 Å². The maximum absolute atomic E-state index is 12.3. The van der Waals surface area contributed by atoms with Crippen molar-refractivity contribution >= 4 is 34.3 Å². The Morgan fingerprint density at radius 2 is 1.74 bits per heavy atom. The largest absolute Gasteiger partial charge is 0.494 e. The molecule has 3 rings (SSSR count). The molecule has 0 aliphatic carbocycles. The average Bonchev–Trinajstić information content (AvgIpc) is 3.01. The van der Waals surface area contributed by atoms with E-state index in [1.165, 1.54) is 34.5 Å². The lowest BCUT2D eigenvalue weighted by Gasteiger charge is -2.05. The molecule has 0 bridgehead atoms. The van der Waals surface area contributed by atoms with Crippen LogP contribution in [0.15, 0.2) is 57.6 Å². The van der Waals surface area contributed by atoms with Gasteiger partial charge in [-0.15, -0.1) is 22.0 Å². The topological polar surface area (TPSA) is 113 Å². The molecule has 0 aliphatic rings. The van der Waals surface area contributed by atoms with Gasteiger partial charge in [-0.1, -0.05) is 17.7 Å². The van der Waals surface area contributed by atoms with Crippen molar-refractivity contribution in [1.82, 2.24) is 4.57 Å².